The Kier molecular flexibility index (Phi) is 3.71. The number of carbonyl (C=O) groups excluding carboxylic acids is 1. The SMILES string of the molecule is CC(C)CNC(C(N)=O)(c1ccccc1)C1CC1. The Balaban J connectivity index is 2.34. The summed E-state index contributed by atoms with van der Waals surface area (Å²) < 4.78 is 0. The number of rotatable bonds is 6. The van der Waals surface area contributed by atoms with Crippen molar-refractivity contribution in [3.63, 3.8) is 0 Å². The Labute approximate surface area is 109 Å². The summed E-state index contributed by atoms with van der Waals surface area (Å²) in [6.07, 6.45) is 2.14. The van der Waals surface area contributed by atoms with E-state index in [1.165, 1.54) is 0 Å². The monoisotopic (exact) mass is 246 g/mol. The lowest BCUT2D eigenvalue weighted by Gasteiger charge is -2.33. The molecule has 0 heterocycles. The first-order valence-corrected chi connectivity index (χ1v) is 6.68. The lowest BCUT2D eigenvalue weighted by Crippen LogP contribution is -2.55. The van der Waals surface area contributed by atoms with Gasteiger partial charge in [-0.15, -0.1) is 0 Å². The first kappa shape index (κ1) is 13.1. The van der Waals surface area contributed by atoms with Gasteiger partial charge in [-0.05, 0) is 36.8 Å². The van der Waals surface area contributed by atoms with Gasteiger partial charge in [-0.3, -0.25) is 10.1 Å². The molecule has 0 spiro atoms. The number of amides is 1. The molecule has 2 rings (SSSR count). The van der Waals surface area contributed by atoms with Crippen LogP contribution in [0.3, 0.4) is 0 Å². The van der Waals surface area contributed by atoms with E-state index in [1.54, 1.807) is 0 Å². The van der Waals surface area contributed by atoms with Crippen LogP contribution in [0.1, 0.15) is 32.3 Å². The Morgan fingerprint density at radius 1 is 1.39 bits per heavy atom. The zero-order chi connectivity index (χ0) is 13.2. The summed E-state index contributed by atoms with van der Waals surface area (Å²) in [6.45, 7) is 5.07. The summed E-state index contributed by atoms with van der Waals surface area (Å²) in [4.78, 5) is 12.1. The third kappa shape index (κ3) is 2.41. The van der Waals surface area contributed by atoms with Crippen LogP contribution in [0.25, 0.3) is 0 Å². The Morgan fingerprint density at radius 2 is 2.00 bits per heavy atom. The highest BCUT2D eigenvalue weighted by Crippen LogP contribution is 2.45. The van der Waals surface area contributed by atoms with E-state index in [2.05, 4.69) is 19.2 Å². The van der Waals surface area contributed by atoms with E-state index in [0.29, 0.717) is 11.8 Å². The molecule has 1 fully saturated rings. The number of nitrogens with one attached hydrogen (secondary N) is 1. The van der Waals surface area contributed by atoms with Gasteiger partial charge in [0.05, 0.1) is 0 Å². The fourth-order valence-electron chi connectivity index (χ4n) is 2.50. The molecule has 1 saturated carbocycles. The predicted molar refractivity (Wildman–Crippen MR) is 72.9 cm³/mol. The van der Waals surface area contributed by atoms with E-state index in [4.69, 9.17) is 5.73 Å². The minimum atomic E-state index is -0.675. The van der Waals surface area contributed by atoms with Crippen LogP contribution in [-0.2, 0) is 10.3 Å². The fraction of sp³-hybridized carbons (Fsp3) is 0.533. The van der Waals surface area contributed by atoms with E-state index >= 15 is 0 Å². The topological polar surface area (TPSA) is 55.1 Å². The molecule has 1 unspecified atom stereocenters. The van der Waals surface area contributed by atoms with E-state index in [-0.39, 0.29) is 5.91 Å². The van der Waals surface area contributed by atoms with Gasteiger partial charge in [-0.2, -0.15) is 0 Å². The molecule has 0 bridgehead atoms. The van der Waals surface area contributed by atoms with Crippen molar-refractivity contribution in [1.29, 1.82) is 0 Å². The summed E-state index contributed by atoms with van der Waals surface area (Å²) >= 11 is 0. The molecule has 3 nitrogen and oxygen atoms in total. The average molecular weight is 246 g/mol. The molecule has 0 radical (unpaired) electrons. The van der Waals surface area contributed by atoms with Gasteiger partial charge < -0.3 is 5.73 Å². The van der Waals surface area contributed by atoms with Crippen molar-refractivity contribution in [3.8, 4) is 0 Å². The van der Waals surface area contributed by atoms with Crippen LogP contribution in [0.2, 0.25) is 0 Å². The van der Waals surface area contributed by atoms with Gasteiger partial charge in [0.15, 0.2) is 0 Å². The van der Waals surface area contributed by atoms with Gasteiger partial charge in [0.1, 0.15) is 5.54 Å². The van der Waals surface area contributed by atoms with Gasteiger partial charge in [0.2, 0.25) is 5.91 Å². The lowest BCUT2D eigenvalue weighted by molar-refractivity contribution is -0.125. The lowest BCUT2D eigenvalue weighted by atomic mass is 9.83. The Bertz CT molecular complexity index is 412. The quantitative estimate of drug-likeness (QED) is 0.807. The van der Waals surface area contributed by atoms with Crippen molar-refractivity contribution in [3.05, 3.63) is 35.9 Å². The molecule has 3 heteroatoms. The van der Waals surface area contributed by atoms with Crippen LogP contribution in [0.5, 0.6) is 0 Å². The minimum absolute atomic E-state index is 0.253. The van der Waals surface area contributed by atoms with Crippen LogP contribution in [0.15, 0.2) is 30.3 Å². The molecule has 0 aliphatic heterocycles. The largest absolute Gasteiger partial charge is 0.368 e. The second-order valence-electron chi connectivity index (χ2n) is 5.59. The van der Waals surface area contributed by atoms with Gasteiger partial charge in [0.25, 0.3) is 0 Å². The number of nitrogens with two attached hydrogens (primary N) is 1. The van der Waals surface area contributed by atoms with Crippen molar-refractivity contribution in [2.75, 3.05) is 6.54 Å². The zero-order valence-corrected chi connectivity index (χ0v) is 11.1. The summed E-state index contributed by atoms with van der Waals surface area (Å²) in [6, 6.07) is 9.89. The molecule has 1 aromatic carbocycles. The summed E-state index contributed by atoms with van der Waals surface area (Å²) in [5.74, 6) is 0.583. The average Bonchev–Trinajstić information content (AvgIpc) is 3.15. The maximum atomic E-state index is 12.1. The Morgan fingerprint density at radius 3 is 2.44 bits per heavy atom. The molecular formula is C15H22N2O. The van der Waals surface area contributed by atoms with Crippen LogP contribution in [0, 0.1) is 11.8 Å². The standard InChI is InChI=1S/C15H22N2O/c1-11(2)10-17-15(14(16)18,13-8-9-13)12-6-4-3-5-7-12/h3-7,11,13,17H,8-10H2,1-2H3,(H2,16,18). The van der Waals surface area contributed by atoms with Crippen molar-refractivity contribution in [2.24, 2.45) is 17.6 Å². The van der Waals surface area contributed by atoms with Crippen molar-refractivity contribution in [1.82, 2.24) is 5.32 Å². The third-order valence-corrected chi connectivity index (χ3v) is 3.60. The maximum absolute atomic E-state index is 12.1. The molecule has 0 aromatic heterocycles. The minimum Gasteiger partial charge on any atom is -0.368 e. The smallest absolute Gasteiger partial charge is 0.242 e. The number of primary amides is 1. The van der Waals surface area contributed by atoms with E-state index in [0.717, 1.165) is 24.9 Å². The molecule has 1 amide bonds. The van der Waals surface area contributed by atoms with E-state index in [1.807, 2.05) is 30.3 Å². The first-order chi connectivity index (χ1) is 8.57. The molecule has 1 aromatic rings. The van der Waals surface area contributed by atoms with Crippen LogP contribution in [0.4, 0.5) is 0 Å². The van der Waals surface area contributed by atoms with Gasteiger partial charge in [-0.25, -0.2) is 0 Å². The molecule has 3 N–H and O–H groups in total. The number of benzene rings is 1. The van der Waals surface area contributed by atoms with Crippen LogP contribution in [-0.4, -0.2) is 12.5 Å². The number of hydrogen-bond acceptors (Lipinski definition) is 2. The second kappa shape index (κ2) is 5.11. The predicted octanol–water partition coefficient (Wildman–Crippen LogP) is 2.02. The molecule has 18 heavy (non-hydrogen) atoms. The van der Waals surface area contributed by atoms with Crippen molar-refractivity contribution >= 4 is 5.91 Å². The van der Waals surface area contributed by atoms with Gasteiger partial charge in [-0.1, -0.05) is 44.2 Å². The van der Waals surface area contributed by atoms with E-state index < -0.39 is 5.54 Å². The number of hydrogen-bond donors (Lipinski definition) is 2. The third-order valence-electron chi connectivity index (χ3n) is 3.60. The highest BCUT2D eigenvalue weighted by atomic mass is 16.1. The highest BCUT2D eigenvalue weighted by Gasteiger charge is 2.50. The molecule has 0 saturated heterocycles. The second-order valence-corrected chi connectivity index (χ2v) is 5.59. The summed E-state index contributed by atoms with van der Waals surface area (Å²) in [5.41, 5.74) is 6.05. The maximum Gasteiger partial charge on any atom is 0.242 e. The number of carbonyl (C=O) groups is 1. The Hall–Kier alpha value is -1.35. The van der Waals surface area contributed by atoms with Crippen LogP contribution < -0.4 is 11.1 Å². The molecular weight excluding hydrogens is 224 g/mol. The first-order valence-electron chi connectivity index (χ1n) is 6.68. The normalized spacial score (nSPS) is 18.6. The van der Waals surface area contributed by atoms with Crippen LogP contribution >= 0.6 is 0 Å². The van der Waals surface area contributed by atoms with Gasteiger partial charge in [0, 0.05) is 0 Å². The molecule has 1 aliphatic rings. The summed E-state index contributed by atoms with van der Waals surface area (Å²) in [5, 5.41) is 3.44. The van der Waals surface area contributed by atoms with Gasteiger partial charge >= 0.3 is 0 Å². The fourth-order valence-corrected chi connectivity index (χ4v) is 2.50. The van der Waals surface area contributed by atoms with E-state index in [9.17, 15) is 4.79 Å². The van der Waals surface area contributed by atoms with Crippen molar-refractivity contribution < 1.29 is 4.79 Å². The highest BCUT2D eigenvalue weighted by molar-refractivity contribution is 5.87. The molecule has 1 atom stereocenters. The molecule has 98 valence electrons. The molecule has 1 aliphatic carbocycles. The van der Waals surface area contributed by atoms with Crippen molar-refractivity contribution in [2.45, 2.75) is 32.2 Å². The zero-order valence-electron chi connectivity index (χ0n) is 11.1. The summed E-state index contributed by atoms with van der Waals surface area (Å²) in [7, 11) is 0.